The molecular weight excluding hydrogens is 244 g/mol. The number of nitrogens with zero attached hydrogens (tertiary/aromatic N) is 3. The Balaban J connectivity index is 2.21. The molecule has 0 bridgehead atoms. The van der Waals surface area contributed by atoms with Gasteiger partial charge in [-0.25, -0.2) is 4.98 Å². The van der Waals surface area contributed by atoms with Crippen LogP contribution in [0.15, 0.2) is 52.9 Å². The fourth-order valence-electron chi connectivity index (χ4n) is 1.71. The molecule has 0 fully saturated rings. The lowest BCUT2D eigenvalue weighted by atomic mass is 10.2. The topological polar surface area (TPSA) is 65.4 Å². The lowest BCUT2D eigenvalue weighted by Crippen LogP contribution is -1.88. The molecule has 0 amide bonds. The van der Waals surface area contributed by atoms with Crippen molar-refractivity contribution in [3.8, 4) is 6.07 Å². The van der Waals surface area contributed by atoms with E-state index in [1.807, 2.05) is 24.3 Å². The molecule has 4 nitrogen and oxygen atoms in total. The van der Waals surface area contributed by atoms with E-state index in [1.165, 1.54) is 11.8 Å². The van der Waals surface area contributed by atoms with E-state index in [1.54, 1.807) is 18.6 Å². The monoisotopic (exact) mass is 252 g/mol. The largest absolute Gasteiger partial charge is 0.339 e. The molecule has 5 heteroatoms. The summed E-state index contributed by atoms with van der Waals surface area (Å²) in [5.41, 5.74) is 1.45. The van der Waals surface area contributed by atoms with Gasteiger partial charge in [0.1, 0.15) is 6.07 Å². The molecular formula is C13H8N4S. The summed E-state index contributed by atoms with van der Waals surface area (Å²) in [4.78, 5) is 12.4. The van der Waals surface area contributed by atoms with E-state index < -0.39 is 0 Å². The van der Waals surface area contributed by atoms with Crippen molar-refractivity contribution in [2.24, 2.45) is 0 Å². The van der Waals surface area contributed by atoms with Gasteiger partial charge in [0.25, 0.3) is 0 Å². The molecule has 18 heavy (non-hydrogen) atoms. The van der Waals surface area contributed by atoms with Crippen molar-refractivity contribution >= 4 is 22.7 Å². The summed E-state index contributed by atoms with van der Waals surface area (Å²) in [5.74, 6) is 0. The number of pyridine rings is 1. The summed E-state index contributed by atoms with van der Waals surface area (Å²) in [7, 11) is 0. The Morgan fingerprint density at radius 3 is 2.89 bits per heavy atom. The number of para-hydroxylation sites is 1. The summed E-state index contributed by atoms with van der Waals surface area (Å²) < 4.78 is 0. The number of imidazole rings is 1. The molecule has 3 aromatic rings. The zero-order valence-electron chi connectivity index (χ0n) is 9.29. The predicted octanol–water partition coefficient (Wildman–Crippen LogP) is 2.98. The Hall–Kier alpha value is -2.32. The molecule has 0 aliphatic heterocycles. The molecule has 2 aromatic heterocycles. The van der Waals surface area contributed by atoms with Crippen LogP contribution < -0.4 is 0 Å². The second kappa shape index (κ2) is 4.51. The first-order valence-corrected chi connectivity index (χ1v) is 6.15. The van der Waals surface area contributed by atoms with Crippen LogP contribution in [0.4, 0.5) is 0 Å². The molecule has 3 rings (SSSR count). The SMILES string of the molecule is N#Cc1cnc2ccccc2c1Sc1ncc[nH]1. The van der Waals surface area contributed by atoms with Gasteiger partial charge in [-0.2, -0.15) is 5.26 Å². The predicted molar refractivity (Wildman–Crippen MR) is 69.2 cm³/mol. The van der Waals surface area contributed by atoms with Crippen LogP contribution in [0, 0.1) is 11.3 Å². The summed E-state index contributed by atoms with van der Waals surface area (Å²) in [6, 6.07) is 9.95. The molecule has 1 N–H and O–H groups in total. The smallest absolute Gasteiger partial charge is 0.170 e. The van der Waals surface area contributed by atoms with Gasteiger partial charge in [0.2, 0.25) is 0 Å². The number of H-pyrrole nitrogens is 1. The fraction of sp³-hybridized carbons (Fsp3) is 0. The number of hydrogen-bond donors (Lipinski definition) is 1. The van der Waals surface area contributed by atoms with E-state index in [4.69, 9.17) is 0 Å². The van der Waals surface area contributed by atoms with Gasteiger partial charge in [0, 0.05) is 28.9 Å². The first-order chi connectivity index (χ1) is 8.88. The van der Waals surface area contributed by atoms with Crippen molar-refractivity contribution < 1.29 is 0 Å². The highest BCUT2D eigenvalue weighted by molar-refractivity contribution is 7.99. The number of rotatable bonds is 2. The van der Waals surface area contributed by atoms with E-state index in [0.717, 1.165) is 21.0 Å². The Bertz CT molecular complexity index is 728. The molecule has 0 saturated carbocycles. The van der Waals surface area contributed by atoms with E-state index in [0.29, 0.717) is 5.56 Å². The van der Waals surface area contributed by atoms with Gasteiger partial charge >= 0.3 is 0 Å². The second-order valence-corrected chi connectivity index (χ2v) is 4.63. The number of aromatic nitrogens is 3. The molecule has 0 atom stereocenters. The zero-order valence-corrected chi connectivity index (χ0v) is 10.1. The summed E-state index contributed by atoms with van der Waals surface area (Å²) >= 11 is 1.45. The molecule has 0 saturated heterocycles. The van der Waals surface area contributed by atoms with Crippen LogP contribution in [0.3, 0.4) is 0 Å². The van der Waals surface area contributed by atoms with Crippen LogP contribution in [-0.4, -0.2) is 15.0 Å². The highest BCUT2D eigenvalue weighted by Crippen LogP contribution is 2.33. The third-order valence-electron chi connectivity index (χ3n) is 2.52. The van der Waals surface area contributed by atoms with Gasteiger partial charge < -0.3 is 4.98 Å². The van der Waals surface area contributed by atoms with E-state index in [-0.39, 0.29) is 0 Å². The molecule has 0 spiro atoms. The maximum Gasteiger partial charge on any atom is 0.170 e. The van der Waals surface area contributed by atoms with Gasteiger partial charge in [-0.1, -0.05) is 18.2 Å². The van der Waals surface area contributed by atoms with Crippen LogP contribution in [0.1, 0.15) is 5.56 Å². The van der Waals surface area contributed by atoms with Crippen molar-refractivity contribution in [2.75, 3.05) is 0 Å². The molecule has 0 unspecified atom stereocenters. The minimum absolute atomic E-state index is 0.565. The van der Waals surface area contributed by atoms with Crippen LogP contribution in [0.5, 0.6) is 0 Å². The van der Waals surface area contributed by atoms with E-state index in [2.05, 4.69) is 21.0 Å². The van der Waals surface area contributed by atoms with E-state index >= 15 is 0 Å². The van der Waals surface area contributed by atoms with Crippen molar-refractivity contribution in [3.05, 3.63) is 48.4 Å². The summed E-state index contributed by atoms with van der Waals surface area (Å²) in [6.07, 6.45) is 5.06. The number of fused-ring (bicyclic) bond motifs is 1. The second-order valence-electron chi connectivity index (χ2n) is 3.63. The molecule has 0 aliphatic carbocycles. The molecule has 86 valence electrons. The molecule has 0 aliphatic rings. The number of hydrogen-bond acceptors (Lipinski definition) is 4. The maximum atomic E-state index is 9.17. The minimum Gasteiger partial charge on any atom is -0.339 e. The quantitative estimate of drug-likeness (QED) is 0.761. The van der Waals surface area contributed by atoms with Gasteiger partial charge in [-0.05, 0) is 17.8 Å². The van der Waals surface area contributed by atoms with E-state index in [9.17, 15) is 5.26 Å². The first kappa shape index (κ1) is 10.8. The Morgan fingerprint density at radius 1 is 1.22 bits per heavy atom. The first-order valence-electron chi connectivity index (χ1n) is 5.33. The molecule has 2 heterocycles. The highest BCUT2D eigenvalue weighted by Gasteiger charge is 2.11. The van der Waals surface area contributed by atoms with Crippen LogP contribution in [0.25, 0.3) is 10.9 Å². The number of benzene rings is 1. The lowest BCUT2D eigenvalue weighted by molar-refractivity contribution is 1.06. The standard InChI is InChI=1S/C13H8N4S/c14-7-9-8-17-11-4-2-1-3-10(11)12(9)18-13-15-5-6-16-13/h1-6,8H,(H,15,16). The van der Waals surface area contributed by atoms with Gasteiger partial charge in [0.15, 0.2) is 5.16 Å². The van der Waals surface area contributed by atoms with Crippen molar-refractivity contribution in [1.82, 2.24) is 15.0 Å². The summed E-state index contributed by atoms with van der Waals surface area (Å²) in [5, 5.41) is 10.9. The number of aromatic amines is 1. The van der Waals surface area contributed by atoms with Gasteiger partial charge in [-0.3, -0.25) is 4.98 Å². The number of nitriles is 1. The van der Waals surface area contributed by atoms with Crippen LogP contribution >= 0.6 is 11.8 Å². The molecule has 1 aromatic carbocycles. The van der Waals surface area contributed by atoms with Gasteiger partial charge in [0.05, 0.1) is 11.1 Å². The normalized spacial score (nSPS) is 10.4. The van der Waals surface area contributed by atoms with Gasteiger partial charge in [-0.15, -0.1) is 0 Å². The lowest BCUT2D eigenvalue weighted by Gasteiger charge is -2.05. The minimum atomic E-state index is 0.565. The average molecular weight is 252 g/mol. The highest BCUT2D eigenvalue weighted by atomic mass is 32.2. The third kappa shape index (κ3) is 1.83. The van der Waals surface area contributed by atoms with Crippen molar-refractivity contribution in [1.29, 1.82) is 5.26 Å². The Morgan fingerprint density at radius 2 is 2.11 bits per heavy atom. The van der Waals surface area contributed by atoms with Crippen LogP contribution in [-0.2, 0) is 0 Å². The van der Waals surface area contributed by atoms with Crippen molar-refractivity contribution in [3.63, 3.8) is 0 Å². The van der Waals surface area contributed by atoms with Crippen LogP contribution in [0.2, 0.25) is 0 Å². The molecule has 0 radical (unpaired) electrons. The third-order valence-corrected chi connectivity index (χ3v) is 3.58. The number of nitrogens with one attached hydrogen (secondary N) is 1. The summed E-state index contributed by atoms with van der Waals surface area (Å²) in [6.45, 7) is 0. The van der Waals surface area contributed by atoms with Crippen molar-refractivity contribution in [2.45, 2.75) is 10.1 Å². The Labute approximate surface area is 108 Å². The average Bonchev–Trinajstić information content (AvgIpc) is 2.92. The Kier molecular flexibility index (Phi) is 2.71. The maximum absolute atomic E-state index is 9.17. The fourth-order valence-corrected chi connectivity index (χ4v) is 2.63. The zero-order chi connectivity index (χ0) is 12.4.